The van der Waals surface area contributed by atoms with Crippen molar-refractivity contribution in [1.82, 2.24) is 9.97 Å². The van der Waals surface area contributed by atoms with Crippen LogP contribution in [0.15, 0.2) is 24.5 Å². The molecule has 0 radical (unpaired) electrons. The van der Waals surface area contributed by atoms with E-state index in [1.54, 1.807) is 0 Å². The van der Waals surface area contributed by atoms with Crippen molar-refractivity contribution in [2.45, 2.75) is 6.92 Å². The molecule has 0 saturated heterocycles. The fourth-order valence-electron chi connectivity index (χ4n) is 1.14. The van der Waals surface area contributed by atoms with E-state index < -0.39 is 0 Å². The number of pyridine rings is 2. The summed E-state index contributed by atoms with van der Waals surface area (Å²) >= 11 is 2.27. The number of aromatic nitrogens is 2. The molecule has 0 unspecified atom stereocenters. The quantitative estimate of drug-likeness (QED) is 0.687. The summed E-state index contributed by atoms with van der Waals surface area (Å²) in [4.78, 5) is 8.55. The number of aryl methyl sites for hydroxylation is 1. The summed E-state index contributed by atoms with van der Waals surface area (Å²) in [6.07, 6.45) is 3.64. The van der Waals surface area contributed by atoms with E-state index in [1.165, 1.54) is 5.56 Å². The number of nitrogens with zero attached hydrogens (tertiary/aromatic N) is 2. The van der Waals surface area contributed by atoms with Crippen molar-refractivity contribution in [1.29, 1.82) is 0 Å². The first-order valence-corrected chi connectivity index (χ1v) is 4.73. The molecule has 0 aliphatic carbocycles. The molecule has 2 nitrogen and oxygen atoms in total. The topological polar surface area (TPSA) is 25.8 Å². The molecule has 0 aliphatic rings. The van der Waals surface area contributed by atoms with Crippen molar-refractivity contribution in [2.75, 3.05) is 0 Å². The lowest BCUT2D eigenvalue weighted by Crippen LogP contribution is -1.88. The lowest BCUT2D eigenvalue weighted by molar-refractivity contribution is 1.29. The van der Waals surface area contributed by atoms with Crippen LogP contribution in [0, 0.1) is 10.5 Å². The molecule has 2 heterocycles. The van der Waals surface area contributed by atoms with Gasteiger partial charge in [0, 0.05) is 16.0 Å². The van der Waals surface area contributed by atoms with E-state index in [9.17, 15) is 0 Å². The molecule has 0 saturated carbocycles. The average molecular weight is 270 g/mol. The van der Waals surface area contributed by atoms with Crippen LogP contribution in [0.4, 0.5) is 0 Å². The molecule has 0 bridgehead atoms. The number of rotatable bonds is 0. The van der Waals surface area contributed by atoms with Gasteiger partial charge in [-0.25, -0.2) is 0 Å². The van der Waals surface area contributed by atoms with Crippen molar-refractivity contribution in [3.8, 4) is 0 Å². The molecule has 2 aromatic heterocycles. The van der Waals surface area contributed by atoms with E-state index in [-0.39, 0.29) is 0 Å². The third kappa shape index (κ3) is 1.18. The molecule has 0 aliphatic heterocycles. The highest BCUT2D eigenvalue weighted by molar-refractivity contribution is 14.1. The predicted molar refractivity (Wildman–Crippen MR) is 57.0 cm³/mol. The Morgan fingerprint density at radius 2 is 1.75 bits per heavy atom. The van der Waals surface area contributed by atoms with Gasteiger partial charge in [0.1, 0.15) is 5.52 Å². The summed E-state index contributed by atoms with van der Waals surface area (Å²) in [5, 5.41) is 0. The highest BCUT2D eigenvalue weighted by Gasteiger charge is 2.01. The van der Waals surface area contributed by atoms with E-state index in [0.717, 1.165) is 14.6 Å². The Morgan fingerprint density at radius 3 is 2.50 bits per heavy atom. The summed E-state index contributed by atoms with van der Waals surface area (Å²) in [6.45, 7) is 2.05. The van der Waals surface area contributed by atoms with E-state index in [0.29, 0.717) is 0 Å². The fourth-order valence-corrected chi connectivity index (χ4v) is 1.70. The van der Waals surface area contributed by atoms with Crippen LogP contribution in [-0.4, -0.2) is 9.97 Å². The summed E-state index contributed by atoms with van der Waals surface area (Å²) in [6, 6.07) is 3.95. The Bertz CT molecular complexity index is 385. The normalized spacial score (nSPS) is 10.5. The lowest BCUT2D eigenvalue weighted by Gasteiger charge is -2.00. The zero-order valence-corrected chi connectivity index (χ0v) is 8.74. The minimum Gasteiger partial charge on any atom is -0.254 e. The van der Waals surface area contributed by atoms with Gasteiger partial charge in [-0.1, -0.05) is 0 Å². The van der Waals surface area contributed by atoms with Crippen LogP contribution in [0.3, 0.4) is 0 Å². The molecule has 0 spiro atoms. The molecule has 0 aromatic carbocycles. The molecule has 60 valence electrons. The second kappa shape index (κ2) is 2.97. The second-order valence-electron chi connectivity index (χ2n) is 2.62. The molecular formula is C9H7IN2. The van der Waals surface area contributed by atoms with Gasteiger partial charge in [-0.15, -0.1) is 0 Å². The SMILES string of the molecule is Cc1ccnc2c(I)ccnc12. The van der Waals surface area contributed by atoms with Gasteiger partial charge in [0.2, 0.25) is 0 Å². The van der Waals surface area contributed by atoms with Gasteiger partial charge in [0.25, 0.3) is 0 Å². The maximum Gasteiger partial charge on any atom is 0.102 e. The van der Waals surface area contributed by atoms with Gasteiger partial charge >= 0.3 is 0 Å². The zero-order valence-electron chi connectivity index (χ0n) is 6.58. The van der Waals surface area contributed by atoms with Crippen LogP contribution in [0.1, 0.15) is 5.56 Å². The predicted octanol–water partition coefficient (Wildman–Crippen LogP) is 2.54. The first kappa shape index (κ1) is 7.91. The Balaban J connectivity index is 2.94. The molecular weight excluding hydrogens is 263 g/mol. The maximum absolute atomic E-state index is 4.27. The summed E-state index contributed by atoms with van der Waals surface area (Å²) < 4.78 is 1.15. The molecule has 0 atom stereocenters. The smallest absolute Gasteiger partial charge is 0.102 e. The highest BCUT2D eigenvalue weighted by Crippen LogP contribution is 2.17. The molecule has 2 aromatic rings. The molecule has 12 heavy (non-hydrogen) atoms. The van der Waals surface area contributed by atoms with E-state index in [2.05, 4.69) is 32.6 Å². The summed E-state index contributed by atoms with van der Waals surface area (Å²) in [5.74, 6) is 0. The zero-order chi connectivity index (χ0) is 8.55. The monoisotopic (exact) mass is 270 g/mol. The van der Waals surface area contributed by atoms with E-state index in [1.807, 2.05) is 31.5 Å². The minimum atomic E-state index is 0.998. The standard InChI is InChI=1S/C9H7IN2/c1-6-2-4-12-9-7(10)3-5-11-8(6)9/h2-5H,1H3. The first-order valence-electron chi connectivity index (χ1n) is 3.65. The van der Waals surface area contributed by atoms with E-state index in [4.69, 9.17) is 0 Å². The van der Waals surface area contributed by atoms with Crippen LogP contribution < -0.4 is 0 Å². The first-order chi connectivity index (χ1) is 5.79. The van der Waals surface area contributed by atoms with Crippen molar-refractivity contribution in [2.24, 2.45) is 0 Å². The maximum atomic E-state index is 4.27. The van der Waals surface area contributed by atoms with Gasteiger partial charge in [-0.3, -0.25) is 9.97 Å². The molecule has 0 N–H and O–H groups in total. The van der Waals surface area contributed by atoms with E-state index >= 15 is 0 Å². The lowest BCUT2D eigenvalue weighted by atomic mass is 10.2. The van der Waals surface area contributed by atoms with Crippen molar-refractivity contribution in [3.05, 3.63) is 33.7 Å². The third-order valence-corrected chi connectivity index (χ3v) is 2.65. The molecule has 3 heteroatoms. The highest BCUT2D eigenvalue weighted by atomic mass is 127. The van der Waals surface area contributed by atoms with Crippen molar-refractivity contribution in [3.63, 3.8) is 0 Å². The van der Waals surface area contributed by atoms with Gasteiger partial charge in [0.15, 0.2) is 0 Å². The van der Waals surface area contributed by atoms with Gasteiger partial charge in [0.05, 0.1) is 5.52 Å². The minimum absolute atomic E-state index is 0.998. The van der Waals surface area contributed by atoms with Gasteiger partial charge in [-0.05, 0) is 47.2 Å². The Morgan fingerprint density at radius 1 is 1.08 bits per heavy atom. The fraction of sp³-hybridized carbons (Fsp3) is 0.111. The largest absolute Gasteiger partial charge is 0.254 e. The average Bonchev–Trinajstić information content (AvgIpc) is 2.07. The molecule has 0 fully saturated rings. The van der Waals surface area contributed by atoms with Crippen LogP contribution in [0.2, 0.25) is 0 Å². The third-order valence-electron chi connectivity index (χ3n) is 1.78. The number of hydrogen-bond acceptors (Lipinski definition) is 2. The number of halogens is 1. The summed E-state index contributed by atoms with van der Waals surface area (Å²) in [5.41, 5.74) is 3.18. The number of fused-ring (bicyclic) bond motifs is 1. The second-order valence-corrected chi connectivity index (χ2v) is 3.78. The van der Waals surface area contributed by atoms with Crippen LogP contribution in [0.5, 0.6) is 0 Å². The van der Waals surface area contributed by atoms with Gasteiger partial charge in [-0.2, -0.15) is 0 Å². The van der Waals surface area contributed by atoms with Crippen LogP contribution in [-0.2, 0) is 0 Å². The Kier molecular flexibility index (Phi) is 1.96. The number of hydrogen-bond donors (Lipinski definition) is 0. The van der Waals surface area contributed by atoms with Crippen LogP contribution in [0.25, 0.3) is 11.0 Å². The Hall–Kier alpha value is -0.710. The summed E-state index contributed by atoms with van der Waals surface area (Å²) in [7, 11) is 0. The Labute approximate surface area is 84.2 Å². The van der Waals surface area contributed by atoms with Crippen molar-refractivity contribution >= 4 is 33.6 Å². The van der Waals surface area contributed by atoms with Crippen molar-refractivity contribution < 1.29 is 0 Å². The molecule has 0 amide bonds. The van der Waals surface area contributed by atoms with Gasteiger partial charge < -0.3 is 0 Å². The van der Waals surface area contributed by atoms with Crippen LogP contribution >= 0.6 is 22.6 Å². The molecule has 2 rings (SSSR count).